The van der Waals surface area contributed by atoms with E-state index in [-0.39, 0.29) is 12.5 Å². The molecule has 1 fully saturated rings. The van der Waals surface area contributed by atoms with E-state index in [1.54, 1.807) is 0 Å². The fraction of sp³-hybridized carbons (Fsp3) is 0.500. The zero-order valence-electron chi connectivity index (χ0n) is 13.1. The van der Waals surface area contributed by atoms with E-state index in [1.165, 1.54) is 0 Å². The van der Waals surface area contributed by atoms with Crippen LogP contribution in [-0.4, -0.2) is 61.9 Å². The maximum atomic E-state index is 11.8. The number of para-hydroxylation sites is 2. The molecule has 7 heteroatoms. The fourth-order valence-corrected chi connectivity index (χ4v) is 3.10. The molecule has 1 saturated heterocycles. The predicted octanol–water partition coefficient (Wildman–Crippen LogP) is 1.04. The van der Waals surface area contributed by atoms with E-state index < -0.39 is 0 Å². The Labute approximate surface area is 141 Å². The average Bonchev–Trinajstić information content (AvgIpc) is 2.58. The van der Waals surface area contributed by atoms with Crippen LogP contribution in [0.15, 0.2) is 24.3 Å². The number of benzene rings is 1. The van der Waals surface area contributed by atoms with Gasteiger partial charge in [-0.3, -0.25) is 9.69 Å². The molecule has 0 radical (unpaired) electrons. The first-order valence-electron chi connectivity index (χ1n) is 7.98. The van der Waals surface area contributed by atoms with E-state index in [2.05, 4.69) is 15.5 Å². The van der Waals surface area contributed by atoms with E-state index >= 15 is 0 Å². The van der Waals surface area contributed by atoms with Crippen molar-refractivity contribution in [3.05, 3.63) is 24.3 Å². The minimum Gasteiger partial charge on any atom is -0.379 e. The lowest BCUT2D eigenvalue weighted by atomic mass is 10.2. The number of anilines is 2. The van der Waals surface area contributed by atoms with Crippen LogP contribution in [0.2, 0.25) is 0 Å². The molecule has 124 valence electrons. The molecule has 2 aliphatic heterocycles. The summed E-state index contributed by atoms with van der Waals surface area (Å²) in [6.07, 6.45) is 1.02. The molecule has 2 aliphatic rings. The van der Waals surface area contributed by atoms with Crippen LogP contribution in [0.1, 0.15) is 6.42 Å². The quantitative estimate of drug-likeness (QED) is 0.634. The number of hydrogen-bond acceptors (Lipinski definition) is 4. The third-order valence-corrected chi connectivity index (χ3v) is 4.41. The molecule has 3 rings (SSSR count). The summed E-state index contributed by atoms with van der Waals surface area (Å²) in [5.41, 5.74) is 1.75. The Morgan fingerprint density at radius 2 is 2.09 bits per heavy atom. The zero-order chi connectivity index (χ0) is 16.1. The molecule has 2 N–H and O–H groups in total. The molecule has 0 unspecified atom stereocenters. The second-order valence-electron chi connectivity index (χ2n) is 5.69. The Hall–Kier alpha value is -1.70. The number of amides is 1. The number of fused-ring (bicyclic) bond motifs is 1. The number of thiocarbonyl (C=S) groups is 1. The van der Waals surface area contributed by atoms with E-state index in [0.29, 0.717) is 5.11 Å². The predicted molar refractivity (Wildman–Crippen MR) is 94.9 cm³/mol. The summed E-state index contributed by atoms with van der Waals surface area (Å²) in [6, 6.07) is 7.71. The van der Waals surface area contributed by atoms with Crippen molar-refractivity contribution in [2.45, 2.75) is 6.42 Å². The highest BCUT2D eigenvalue weighted by atomic mass is 32.1. The summed E-state index contributed by atoms with van der Waals surface area (Å²) < 4.78 is 5.34. The minimum absolute atomic E-state index is 0.0406. The number of nitrogens with zero attached hydrogens (tertiary/aromatic N) is 2. The lowest BCUT2D eigenvalue weighted by Crippen LogP contribution is -2.47. The van der Waals surface area contributed by atoms with Crippen LogP contribution in [-0.2, 0) is 9.53 Å². The van der Waals surface area contributed by atoms with E-state index in [4.69, 9.17) is 17.0 Å². The summed E-state index contributed by atoms with van der Waals surface area (Å²) in [4.78, 5) is 16.1. The van der Waals surface area contributed by atoms with Crippen molar-refractivity contribution in [1.29, 1.82) is 0 Å². The molecule has 2 heterocycles. The van der Waals surface area contributed by atoms with Crippen LogP contribution in [0.25, 0.3) is 0 Å². The highest BCUT2D eigenvalue weighted by Crippen LogP contribution is 2.28. The lowest BCUT2D eigenvalue weighted by Gasteiger charge is -2.31. The van der Waals surface area contributed by atoms with Crippen LogP contribution in [0.5, 0.6) is 0 Å². The van der Waals surface area contributed by atoms with Gasteiger partial charge in [-0.15, -0.1) is 0 Å². The molecule has 1 aromatic rings. The normalized spacial score (nSPS) is 18.3. The van der Waals surface area contributed by atoms with Crippen molar-refractivity contribution >= 4 is 34.6 Å². The van der Waals surface area contributed by atoms with Crippen LogP contribution in [0.4, 0.5) is 11.4 Å². The molecule has 23 heavy (non-hydrogen) atoms. The minimum atomic E-state index is -0.0406. The molecule has 0 saturated carbocycles. The summed E-state index contributed by atoms with van der Waals surface area (Å²) in [7, 11) is 0. The summed E-state index contributed by atoms with van der Waals surface area (Å²) in [6.45, 7) is 5.75. The van der Waals surface area contributed by atoms with Crippen molar-refractivity contribution in [3.63, 3.8) is 0 Å². The van der Waals surface area contributed by atoms with Gasteiger partial charge in [-0.1, -0.05) is 12.1 Å². The van der Waals surface area contributed by atoms with Gasteiger partial charge in [0.05, 0.1) is 24.6 Å². The van der Waals surface area contributed by atoms with Crippen molar-refractivity contribution in [3.8, 4) is 0 Å². The molecule has 0 bridgehead atoms. The van der Waals surface area contributed by atoms with Crippen LogP contribution >= 0.6 is 12.2 Å². The smallest absolute Gasteiger partial charge is 0.244 e. The third-order valence-electron chi connectivity index (χ3n) is 4.05. The highest BCUT2D eigenvalue weighted by molar-refractivity contribution is 7.80. The van der Waals surface area contributed by atoms with Gasteiger partial charge < -0.3 is 20.3 Å². The first kappa shape index (κ1) is 16.2. The average molecular weight is 334 g/mol. The topological polar surface area (TPSA) is 56.8 Å². The van der Waals surface area contributed by atoms with Gasteiger partial charge in [-0.2, -0.15) is 0 Å². The lowest BCUT2D eigenvalue weighted by molar-refractivity contribution is -0.115. The molecule has 0 atom stereocenters. The second kappa shape index (κ2) is 7.72. The van der Waals surface area contributed by atoms with Crippen molar-refractivity contribution in [2.24, 2.45) is 0 Å². The van der Waals surface area contributed by atoms with E-state index in [9.17, 15) is 4.79 Å². The van der Waals surface area contributed by atoms with Gasteiger partial charge in [0.2, 0.25) is 5.91 Å². The Morgan fingerprint density at radius 3 is 2.91 bits per heavy atom. The Kier molecular flexibility index (Phi) is 5.43. The molecular weight excluding hydrogens is 312 g/mol. The monoisotopic (exact) mass is 334 g/mol. The molecule has 0 aliphatic carbocycles. The summed E-state index contributed by atoms with van der Waals surface area (Å²) >= 11 is 5.47. The number of ether oxygens (including phenoxy) is 1. The van der Waals surface area contributed by atoms with Gasteiger partial charge >= 0.3 is 0 Å². The van der Waals surface area contributed by atoms with Gasteiger partial charge in [-0.05, 0) is 37.3 Å². The van der Waals surface area contributed by atoms with Gasteiger partial charge in [0.25, 0.3) is 0 Å². The largest absolute Gasteiger partial charge is 0.379 e. The highest BCUT2D eigenvalue weighted by Gasteiger charge is 2.24. The maximum Gasteiger partial charge on any atom is 0.244 e. The molecule has 0 spiro atoms. The van der Waals surface area contributed by atoms with Gasteiger partial charge in [0, 0.05) is 19.6 Å². The molecule has 0 aromatic heterocycles. The first-order chi connectivity index (χ1) is 11.2. The van der Waals surface area contributed by atoms with E-state index in [0.717, 1.165) is 57.2 Å². The van der Waals surface area contributed by atoms with E-state index in [1.807, 2.05) is 29.2 Å². The SMILES string of the molecule is O=C1CN(C(=S)NCCCN2CCOCC2)c2ccccc2N1. The molecule has 1 aromatic carbocycles. The van der Waals surface area contributed by atoms with Crippen molar-refractivity contribution in [2.75, 3.05) is 56.2 Å². The van der Waals surface area contributed by atoms with Gasteiger partial charge in [0.15, 0.2) is 5.11 Å². The number of hydrogen-bond donors (Lipinski definition) is 2. The number of carbonyl (C=O) groups excluding carboxylic acids is 1. The maximum absolute atomic E-state index is 11.8. The number of rotatable bonds is 4. The number of carbonyl (C=O) groups is 1. The molecule has 6 nitrogen and oxygen atoms in total. The van der Waals surface area contributed by atoms with Crippen LogP contribution in [0, 0.1) is 0 Å². The zero-order valence-corrected chi connectivity index (χ0v) is 13.9. The number of nitrogens with one attached hydrogen (secondary N) is 2. The van der Waals surface area contributed by atoms with Crippen molar-refractivity contribution in [1.82, 2.24) is 10.2 Å². The van der Waals surface area contributed by atoms with Crippen LogP contribution in [0.3, 0.4) is 0 Å². The fourth-order valence-electron chi connectivity index (χ4n) is 2.83. The van der Waals surface area contributed by atoms with Crippen molar-refractivity contribution < 1.29 is 9.53 Å². The molecule has 1 amide bonds. The summed E-state index contributed by atoms with van der Waals surface area (Å²) in [5.74, 6) is -0.0406. The number of morpholine rings is 1. The Morgan fingerprint density at radius 1 is 1.30 bits per heavy atom. The molecular formula is C16H22N4O2S. The first-order valence-corrected chi connectivity index (χ1v) is 8.39. The van der Waals surface area contributed by atoms with Gasteiger partial charge in [0.1, 0.15) is 6.54 Å². The summed E-state index contributed by atoms with van der Waals surface area (Å²) in [5, 5.41) is 6.75. The third kappa shape index (κ3) is 4.19. The van der Waals surface area contributed by atoms with Crippen LogP contribution < -0.4 is 15.5 Å². The second-order valence-corrected chi connectivity index (χ2v) is 6.08. The van der Waals surface area contributed by atoms with Gasteiger partial charge in [-0.25, -0.2) is 0 Å². The standard InChI is InChI=1S/C16H22N4O2S/c21-15-12-20(14-5-2-1-4-13(14)18-15)16(23)17-6-3-7-19-8-10-22-11-9-19/h1-2,4-5H,3,6-12H2,(H,17,23)(H,18,21). The Bertz CT molecular complexity index is 575. The Balaban J connectivity index is 1.49.